The first-order chi connectivity index (χ1) is 9.34. The van der Waals surface area contributed by atoms with Gasteiger partial charge < -0.3 is 19.7 Å². The summed E-state index contributed by atoms with van der Waals surface area (Å²) < 4.78 is 10.3. The second-order valence-corrected chi connectivity index (χ2v) is 4.07. The molecule has 0 aliphatic rings. The maximum Gasteiger partial charge on any atom is 0.227 e. The van der Waals surface area contributed by atoms with E-state index in [1.54, 1.807) is 0 Å². The maximum absolute atomic E-state index is 9.73. The molecular formula is C13H17N3O3. The third-order valence-corrected chi connectivity index (χ3v) is 2.49. The van der Waals surface area contributed by atoms with Gasteiger partial charge in [0.15, 0.2) is 6.33 Å². The highest BCUT2D eigenvalue weighted by atomic mass is 16.5. The summed E-state index contributed by atoms with van der Waals surface area (Å²) in [6.45, 7) is 1.39. The lowest BCUT2D eigenvalue weighted by atomic mass is 10.3. The normalized spacial score (nSPS) is 12.3. The average molecular weight is 263 g/mol. The molecule has 0 fully saturated rings. The summed E-state index contributed by atoms with van der Waals surface area (Å²) in [5.74, 6) is 1.34. The van der Waals surface area contributed by atoms with E-state index in [1.807, 2.05) is 30.3 Å². The predicted molar refractivity (Wildman–Crippen MR) is 68.8 cm³/mol. The minimum Gasteiger partial charge on any atom is -0.491 e. The Morgan fingerprint density at radius 2 is 2.16 bits per heavy atom. The minimum absolute atomic E-state index is 0.261. The molecule has 1 unspecified atom stereocenters. The number of nitrogens with zero attached hydrogens (tertiary/aromatic N) is 2. The van der Waals surface area contributed by atoms with Gasteiger partial charge in [-0.05, 0) is 12.1 Å². The summed E-state index contributed by atoms with van der Waals surface area (Å²) in [5.41, 5.74) is 0. The molecular weight excluding hydrogens is 246 g/mol. The monoisotopic (exact) mass is 263 g/mol. The Hall–Kier alpha value is -1.92. The fraction of sp³-hybridized carbons (Fsp3) is 0.385. The van der Waals surface area contributed by atoms with Crippen LogP contribution in [0.1, 0.15) is 5.89 Å². The smallest absolute Gasteiger partial charge is 0.227 e. The molecule has 2 rings (SSSR count). The third-order valence-electron chi connectivity index (χ3n) is 2.49. The molecule has 102 valence electrons. The van der Waals surface area contributed by atoms with Gasteiger partial charge in [0.05, 0.1) is 0 Å². The highest BCUT2D eigenvalue weighted by Crippen LogP contribution is 2.08. The van der Waals surface area contributed by atoms with Gasteiger partial charge in [0, 0.05) is 19.5 Å². The van der Waals surface area contributed by atoms with E-state index >= 15 is 0 Å². The van der Waals surface area contributed by atoms with E-state index in [-0.39, 0.29) is 6.61 Å². The summed E-state index contributed by atoms with van der Waals surface area (Å²) in [6, 6.07) is 9.42. The third kappa shape index (κ3) is 5.07. The first kappa shape index (κ1) is 13.5. The number of rotatable bonds is 8. The molecule has 0 aliphatic heterocycles. The topological polar surface area (TPSA) is 80.4 Å². The lowest BCUT2D eigenvalue weighted by Gasteiger charge is -2.12. The van der Waals surface area contributed by atoms with E-state index in [0.29, 0.717) is 25.4 Å². The SMILES string of the molecule is OC(CNCCc1ncno1)COc1ccccc1. The first-order valence-corrected chi connectivity index (χ1v) is 6.17. The number of aromatic nitrogens is 2. The molecule has 0 saturated heterocycles. The Bertz CT molecular complexity index is 447. The van der Waals surface area contributed by atoms with Crippen LogP contribution >= 0.6 is 0 Å². The number of benzene rings is 1. The lowest BCUT2D eigenvalue weighted by molar-refractivity contribution is 0.106. The molecule has 1 aromatic heterocycles. The number of hydrogen-bond donors (Lipinski definition) is 2. The number of aliphatic hydroxyl groups excluding tert-OH is 1. The number of para-hydroxylation sites is 1. The second-order valence-electron chi connectivity index (χ2n) is 4.07. The highest BCUT2D eigenvalue weighted by Gasteiger charge is 2.05. The first-order valence-electron chi connectivity index (χ1n) is 6.17. The van der Waals surface area contributed by atoms with E-state index in [1.165, 1.54) is 6.33 Å². The zero-order valence-electron chi connectivity index (χ0n) is 10.5. The van der Waals surface area contributed by atoms with Gasteiger partial charge in [-0.3, -0.25) is 0 Å². The van der Waals surface area contributed by atoms with E-state index in [0.717, 1.165) is 5.75 Å². The molecule has 0 aliphatic carbocycles. The van der Waals surface area contributed by atoms with Gasteiger partial charge in [-0.1, -0.05) is 23.4 Å². The Morgan fingerprint density at radius 1 is 1.32 bits per heavy atom. The number of hydrogen-bond acceptors (Lipinski definition) is 6. The van der Waals surface area contributed by atoms with Crippen LogP contribution in [-0.2, 0) is 6.42 Å². The molecule has 2 N–H and O–H groups in total. The molecule has 0 amide bonds. The van der Waals surface area contributed by atoms with Crippen molar-refractivity contribution in [3.8, 4) is 5.75 Å². The number of aliphatic hydroxyl groups is 1. The fourth-order valence-corrected chi connectivity index (χ4v) is 1.54. The van der Waals surface area contributed by atoms with Gasteiger partial charge in [-0.15, -0.1) is 0 Å². The molecule has 1 aromatic carbocycles. The average Bonchev–Trinajstić information content (AvgIpc) is 2.96. The molecule has 2 aromatic rings. The molecule has 0 bridgehead atoms. The standard InChI is InChI=1S/C13H17N3O3/c17-11(9-18-12-4-2-1-3-5-12)8-14-7-6-13-15-10-16-19-13/h1-5,10-11,14,17H,6-9H2. The van der Waals surface area contributed by atoms with Gasteiger partial charge >= 0.3 is 0 Å². The van der Waals surface area contributed by atoms with Gasteiger partial charge in [0.25, 0.3) is 0 Å². The summed E-state index contributed by atoms with van der Waals surface area (Å²) in [6.07, 6.45) is 1.47. The molecule has 0 saturated carbocycles. The molecule has 1 heterocycles. The molecule has 19 heavy (non-hydrogen) atoms. The summed E-state index contributed by atoms with van der Waals surface area (Å²) in [4.78, 5) is 3.90. The van der Waals surface area contributed by atoms with Crippen molar-refractivity contribution in [2.24, 2.45) is 0 Å². The summed E-state index contributed by atoms with van der Waals surface area (Å²) in [5, 5.41) is 16.3. The van der Waals surface area contributed by atoms with Gasteiger partial charge in [0.1, 0.15) is 18.5 Å². The van der Waals surface area contributed by atoms with E-state index in [4.69, 9.17) is 9.26 Å². The van der Waals surface area contributed by atoms with Crippen molar-refractivity contribution >= 4 is 0 Å². The fourth-order valence-electron chi connectivity index (χ4n) is 1.54. The van der Waals surface area contributed by atoms with Crippen molar-refractivity contribution in [3.63, 3.8) is 0 Å². The zero-order valence-corrected chi connectivity index (χ0v) is 10.5. The molecule has 6 heteroatoms. The molecule has 0 radical (unpaired) electrons. The van der Waals surface area contributed by atoms with E-state index < -0.39 is 6.10 Å². The zero-order chi connectivity index (χ0) is 13.3. The van der Waals surface area contributed by atoms with Crippen LogP contribution < -0.4 is 10.1 Å². The highest BCUT2D eigenvalue weighted by molar-refractivity contribution is 5.20. The van der Waals surface area contributed by atoms with Crippen LogP contribution in [0.4, 0.5) is 0 Å². The van der Waals surface area contributed by atoms with Crippen molar-refractivity contribution in [2.75, 3.05) is 19.7 Å². The second kappa shape index (κ2) is 7.50. The van der Waals surface area contributed by atoms with Crippen LogP contribution in [0.5, 0.6) is 5.75 Å². The van der Waals surface area contributed by atoms with Crippen LogP contribution in [-0.4, -0.2) is 41.0 Å². The quantitative estimate of drug-likeness (QED) is 0.680. The molecule has 6 nitrogen and oxygen atoms in total. The minimum atomic E-state index is -0.553. The number of nitrogens with one attached hydrogen (secondary N) is 1. The van der Waals surface area contributed by atoms with Crippen LogP contribution in [0.3, 0.4) is 0 Å². The Kier molecular flexibility index (Phi) is 5.33. The summed E-state index contributed by atoms with van der Waals surface area (Å²) in [7, 11) is 0. The van der Waals surface area contributed by atoms with Crippen LogP contribution in [0, 0.1) is 0 Å². The van der Waals surface area contributed by atoms with Crippen molar-refractivity contribution in [1.29, 1.82) is 0 Å². The van der Waals surface area contributed by atoms with E-state index in [9.17, 15) is 5.11 Å². The van der Waals surface area contributed by atoms with Crippen molar-refractivity contribution in [1.82, 2.24) is 15.5 Å². The van der Waals surface area contributed by atoms with Gasteiger partial charge in [-0.25, -0.2) is 0 Å². The van der Waals surface area contributed by atoms with Gasteiger partial charge in [-0.2, -0.15) is 4.98 Å². The van der Waals surface area contributed by atoms with Crippen molar-refractivity contribution in [3.05, 3.63) is 42.5 Å². The largest absolute Gasteiger partial charge is 0.491 e. The molecule has 0 spiro atoms. The molecule has 1 atom stereocenters. The van der Waals surface area contributed by atoms with Crippen molar-refractivity contribution < 1.29 is 14.4 Å². The lowest BCUT2D eigenvalue weighted by Crippen LogP contribution is -2.32. The van der Waals surface area contributed by atoms with Crippen LogP contribution in [0.15, 0.2) is 41.2 Å². The maximum atomic E-state index is 9.73. The van der Waals surface area contributed by atoms with Gasteiger partial charge in [0.2, 0.25) is 5.89 Å². The summed E-state index contributed by atoms with van der Waals surface area (Å²) >= 11 is 0. The van der Waals surface area contributed by atoms with Crippen LogP contribution in [0.2, 0.25) is 0 Å². The Balaban J connectivity index is 1.56. The van der Waals surface area contributed by atoms with Crippen molar-refractivity contribution in [2.45, 2.75) is 12.5 Å². The van der Waals surface area contributed by atoms with Crippen LogP contribution in [0.25, 0.3) is 0 Å². The Labute approximate surface area is 111 Å². The predicted octanol–water partition coefficient (Wildman–Crippen LogP) is 0.642. The number of ether oxygens (including phenoxy) is 1. The van der Waals surface area contributed by atoms with E-state index in [2.05, 4.69) is 15.5 Å². The Morgan fingerprint density at radius 3 is 2.89 bits per heavy atom.